The lowest BCUT2D eigenvalue weighted by molar-refractivity contribution is 0.211. The summed E-state index contributed by atoms with van der Waals surface area (Å²) in [6.45, 7) is 1.26. The quantitative estimate of drug-likeness (QED) is 0.398. The van der Waals surface area contributed by atoms with E-state index in [-0.39, 0.29) is 4.90 Å². The van der Waals surface area contributed by atoms with Gasteiger partial charge in [0.1, 0.15) is 0 Å². The molecule has 0 aliphatic heterocycles. The minimum atomic E-state index is -2.03. The van der Waals surface area contributed by atoms with E-state index in [4.69, 9.17) is 15.0 Å². The van der Waals surface area contributed by atoms with Crippen LogP contribution in [0, 0.1) is 0 Å². The van der Waals surface area contributed by atoms with Gasteiger partial charge in [0.25, 0.3) is 0 Å². The molecule has 0 fully saturated rings. The summed E-state index contributed by atoms with van der Waals surface area (Å²) in [5.41, 5.74) is 6.71. The number of methoxy groups -OCH3 is 1. The first-order valence-corrected chi connectivity index (χ1v) is 5.49. The molecule has 0 spiro atoms. The molecule has 0 bridgehead atoms. The summed E-state index contributed by atoms with van der Waals surface area (Å²) in [7, 11) is 1.62. The summed E-state index contributed by atoms with van der Waals surface area (Å²) in [4.78, 5) is 0.229. The molecule has 0 aromatic heterocycles. The van der Waals surface area contributed by atoms with Crippen molar-refractivity contribution in [3.8, 4) is 0 Å². The third-order valence-electron chi connectivity index (χ3n) is 1.83. The lowest BCUT2D eigenvalue weighted by Crippen LogP contribution is -2.08. The lowest BCUT2D eigenvalue weighted by Gasteiger charge is -2.07. The summed E-state index contributed by atoms with van der Waals surface area (Å²) >= 11 is -2.03. The van der Waals surface area contributed by atoms with Crippen LogP contribution in [-0.2, 0) is 15.8 Å². The average molecular weight is 230 g/mol. The van der Waals surface area contributed by atoms with E-state index in [9.17, 15) is 4.21 Å². The van der Waals surface area contributed by atoms with Crippen LogP contribution < -0.4 is 11.1 Å². The molecule has 0 radical (unpaired) electrons. The summed E-state index contributed by atoms with van der Waals surface area (Å²) in [6, 6.07) is 4.86. The molecule has 0 aliphatic carbocycles. The number of anilines is 2. The number of rotatable bonds is 5. The summed E-state index contributed by atoms with van der Waals surface area (Å²) in [5, 5.41) is 3.07. The number of hydrogen-bond donors (Lipinski definition) is 3. The molecule has 0 aliphatic rings. The van der Waals surface area contributed by atoms with Gasteiger partial charge in [-0.3, -0.25) is 0 Å². The molecule has 6 heteroatoms. The van der Waals surface area contributed by atoms with Gasteiger partial charge in [-0.15, -0.1) is 0 Å². The van der Waals surface area contributed by atoms with Gasteiger partial charge in [-0.1, -0.05) is 0 Å². The monoisotopic (exact) mass is 230 g/mol. The summed E-state index contributed by atoms with van der Waals surface area (Å²) in [5.74, 6) is 0. The number of nitrogen functional groups attached to an aromatic ring is 1. The molecule has 4 N–H and O–H groups in total. The van der Waals surface area contributed by atoms with E-state index in [1.807, 2.05) is 0 Å². The predicted octanol–water partition coefficient (Wildman–Crippen LogP) is 0.908. The first kappa shape index (κ1) is 12.0. The van der Waals surface area contributed by atoms with E-state index in [1.54, 1.807) is 19.2 Å². The molecule has 1 rings (SSSR count). The Balaban J connectivity index is 2.69. The maximum atomic E-state index is 10.8. The van der Waals surface area contributed by atoms with Crippen molar-refractivity contribution in [3.63, 3.8) is 0 Å². The van der Waals surface area contributed by atoms with Gasteiger partial charge in [0, 0.05) is 19.3 Å². The first-order valence-electron chi connectivity index (χ1n) is 4.38. The van der Waals surface area contributed by atoms with Crippen LogP contribution in [0.3, 0.4) is 0 Å². The second-order valence-corrected chi connectivity index (χ2v) is 3.86. The number of hydrogen-bond acceptors (Lipinski definition) is 4. The van der Waals surface area contributed by atoms with E-state index in [0.29, 0.717) is 18.8 Å². The molecule has 1 unspecified atom stereocenters. The molecule has 0 heterocycles. The molecule has 84 valence electrons. The zero-order chi connectivity index (χ0) is 11.3. The van der Waals surface area contributed by atoms with Crippen molar-refractivity contribution in [2.24, 2.45) is 0 Å². The van der Waals surface area contributed by atoms with Crippen LogP contribution >= 0.6 is 0 Å². The first-order chi connectivity index (χ1) is 7.15. The van der Waals surface area contributed by atoms with Crippen LogP contribution in [0.1, 0.15) is 0 Å². The fraction of sp³-hybridized carbons (Fsp3) is 0.333. The van der Waals surface area contributed by atoms with Crippen LogP contribution in [0.4, 0.5) is 11.4 Å². The fourth-order valence-corrected chi connectivity index (χ4v) is 1.56. The highest BCUT2D eigenvalue weighted by Crippen LogP contribution is 2.20. The minimum absolute atomic E-state index is 0.229. The standard InChI is InChI=1S/C9H14N2O3S/c1-14-5-4-11-7-2-3-9(15(12)13)8(10)6-7/h2-3,6,11H,4-5,10H2,1H3,(H,12,13). The third kappa shape index (κ3) is 3.50. The second-order valence-electron chi connectivity index (χ2n) is 2.92. The van der Waals surface area contributed by atoms with Gasteiger partial charge in [-0.25, -0.2) is 4.21 Å². The smallest absolute Gasteiger partial charge is 0.188 e. The molecule has 0 amide bonds. The average Bonchev–Trinajstić information content (AvgIpc) is 2.17. The van der Waals surface area contributed by atoms with E-state index < -0.39 is 11.1 Å². The summed E-state index contributed by atoms with van der Waals surface area (Å²) < 4.78 is 24.5. The van der Waals surface area contributed by atoms with Crippen LogP contribution in [0.15, 0.2) is 23.1 Å². The van der Waals surface area contributed by atoms with Crippen molar-refractivity contribution in [2.75, 3.05) is 31.3 Å². The molecular weight excluding hydrogens is 216 g/mol. The van der Waals surface area contributed by atoms with Gasteiger partial charge >= 0.3 is 0 Å². The van der Waals surface area contributed by atoms with E-state index in [0.717, 1.165) is 5.69 Å². The molecular formula is C9H14N2O3S. The Labute approximate surface area is 90.9 Å². The van der Waals surface area contributed by atoms with Crippen molar-refractivity contribution in [1.82, 2.24) is 0 Å². The topological polar surface area (TPSA) is 84.6 Å². The minimum Gasteiger partial charge on any atom is -0.398 e. The van der Waals surface area contributed by atoms with Gasteiger partial charge in [-0.2, -0.15) is 0 Å². The van der Waals surface area contributed by atoms with Gasteiger partial charge in [0.2, 0.25) is 0 Å². The number of nitrogens with one attached hydrogen (secondary N) is 1. The highest BCUT2D eigenvalue weighted by Gasteiger charge is 2.05. The van der Waals surface area contributed by atoms with Crippen LogP contribution in [0.25, 0.3) is 0 Å². The molecule has 1 aromatic carbocycles. The van der Waals surface area contributed by atoms with Crippen LogP contribution in [-0.4, -0.2) is 29.0 Å². The van der Waals surface area contributed by atoms with Crippen molar-refractivity contribution >= 4 is 22.5 Å². The Bertz CT molecular complexity index is 357. The lowest BCUT2D eigenvalue weighted by atomic mass is 10.3. The van der Waals surface area contributed by atoms with Gasteiger partial charge in [0.15, 0.2) is 11.1 Å². The molecule has 1 aromatic rings. The largest absolute Gasteiger partial charge is 0.398 e. The van der Waals surface area contributed by atoms with E-state index in [2.05, 4.69) is 5.32 Å². The molecule has 1 atom stereocenters. The summed E-state index contributed by atoms with van der Waals surface area (Å²) in [6.07, 6.45) is 0. The highest BCUT2D eigenvalue weighted by molar-refractivity contribution is 7.79. The molecule has 5 nitrogen and oxygen atoms in total. The number of benzene rings is 1. The number of nitrogens with two attached hydrogens (primary N) is 1. The Kier molecular flexibility index (Phi) is 4.54. The van der Waals surface area contributed by atoms with E-state index in [1.165, 1.54) is 6.07 Å². The predicted molar refractivity (Wildman–Crippen MR) is 60.3 cm³/mol. The fourth-order valence-electron chi connectivity index (χ4n) is 1.11. The maximum Gasteiger partial charge on any atom is 0.188 e. The third-order valence-corrected chi connectivity index (χ3v) is 2.58. The zero-order valence-corrected chi connectivity index (χ0v) is 9.21. The van der Waals surface area contributed by atoms with Gasteiger partial charge < -0.3 is 20.3 Å². The second kappa shape index (κ2) is 5.69. The zero-order valence-electron chi connectivity index (χ0n) is 8.40. The van der Waals surface area contributed by atoms with Crippen LogP contribution in [0.5, 0.6) is 0 Å². The maximum absolute atomic E-state index is 10.8. The SMILES string of the molecule is COCCNc1ccc(S(=O)O)c(N)c1. The van der Waals surface area contributed by atoms with Crippen molar-refractivity contribution in [1.29, 1.82) is 0 Å². The van der Waals surface area contributed by atoms with Gasteiger partial charge in [-0.05, 0) is 18.2 Å². The Morgan fingerprint density at radius 1 is 1.60 bits per heavy atom. The highest BCUT2D eigenvalue weighted by atomic mass is 32.2. The van der Waals surface area contributed by atoms with E-state index >= 15 is 0 Å². The Morgan fingerprint density at radius 2 is 2.33 bits per heavy atom. The molecule has 0 saturated heterocycles. The van der Waals surface area contributed by atoms with Crippen molar-refractivity contribution in [2.45, 2.75) is 4.90 Å². The molecule has 0 saturated carbocycles. The van der Waals surface area contributed by atoms with Crippen molar-refractivity contribution < 1.29 is 13.5 Å². The number of ether oxygens (including phenoxy) is 1. The van der Waals surface area contributed by atoms with Crippen molar-refractivity contribution in [3.05, 3.63) is 18.2 Å². The van der Waals surface area contributed by atoms with Gasteiger partial charge in [0.05, 0.1) is 17.2 Å². The Hall–Kier alpha value is -1.11. The van der Waals surface area contributed by atoms with Crippen LogP contribution in [0.2, 0.25) is 0 Å². The molecule has 15 heavy (non-hydrogen) atoms. The normalized spacial score (nSPS) is 12.4. The Morgan fingerprint density at radius 3 is 2.87 bits per heavy atom.